The van der Waals surface area contributed by atoms with Gasteiger partial charge in [0.05, 0.1) is 13.2 Å². The number of ether oxygens (including phenoxy) is 1. The van der Waals surface area contributed by atoms with E-state index in [0.717, 1.165) is 13.1 Å². The van der Waals surface area contributed by atoms with Crippen molar-refractivity contribution in [3.8, 4) is 0 Å². The van der Waals surface area contributed by atoms with Crippen molar-refractivity contribution in [1.29, 1.82) is 0 Å². The third-order valence-corrected chi connectivity index (χ3v) is 3.32. The summed E-state index contributed by atoms with van der Waals surface area (Å²) in [6.07, 6.45) is 0.560. The summed E-state index contributed by atoms with van der Waals surface area (Å²) in [6.45, 7) is 3.92. The van der Waals surface area contributed by atoms with Crippen LogP contribution in [0.2, 0.25) is 0 Å². The van der Waals surface area contributed by atoms with E-state index in [0.29, 0.717) is 19.6 Å². The molecule has 1 saturated heterocycles. The standard InChI is InChI=1S/C15H19NO3.ClH/c1-2-19-15(18)13-8-9-16(11-14(13)17)10-12-6-4-3-5-7-12;/h3-7,13H,2,8-11H2,1H3;1H. The Morgan fingerprint density at radius 2 is 2.05 bits per heavy atom. The average Bonchev–Trinajstić information content (AvgIpc) is 2.40. The first-order valence-corrected chi connectivity index (χ1v) is 6.66. The van der Waals surface area contributed by atoms with E-state index in [9.17, 15) is 9.59 Å². The molecule has 1 fully saturated rings. The number of likely N-dealkylation sites (tertiary alicyclic amines) is 1. The molecule has 1 aromatic rings. The number of piperidine rings is 1. The van der Waals surface area contributed by atoms with Gasteiger partial charge in [-0.1, -0.05) is 30.3 Å². The number of halogens is 1. The molecule has 0 saturated carbocycles. The summed E-state index contributed by atoms with van der Waals surface area (Å²) in [6, 6.07) is 10.0. The number of rotatable bonds is 4. The van der Waals surface area contributed by atoms with Crippen LogP contribution in [0.25, 0.3) is 0 Å². The Morgan fingerprint density at radius 1 is 1.35 bits per heavy atom. The number of nitrogens with zero attached hydrogens (tertiary/aromatic N) is 1. The SMILES string of the molecule is CCOC(=O)C1CCN(Cc2ccccc2)CC1=O.Cl. The lowest BCUT2D eigenvalue weighted by Gasteiger charge is -2.29. The van der Waals surface area contributed by atoms with E-state index >= 15 is 0 Å². The highest BCUT2D eigenvalue weighted by atomic mass is 35.5. The molecular weight excluding hydrogens is 278 g/mol. The van der Waals surface area contributed by atoms with Gasteiger partial charge < -0.3 is 4.74 Å². The Balaban J connectivity index is 0.00000200. The van der Waals surface area contributed by atoms with E-state index in [1.807, 2.05) is 30.3 Å². The number of benzene rings is 1. The second-order valence-electron chi connectivity index (χ2n) is 4.76. The third kappa shape index (κ3) is 4.32. The van der Waals surface area contributed by atoms with Crippen LogP contribution in [0.5, 0.6) is 0 Å². The first-order chi connectivity index (χ1) is 9.20. The number of hydrogen-bond donors (Lipinski definition) is 0. The average molecular weight is 298 g/mol. The minimum atomic E-state index is -0.563. The number of carbonyl (C=O) groups excluding carboxylic acids is 2. The maximum absolute atomic E-state index is 12.0. The summed E-state index contributed by atoms with van der Waals surface area (Å²) >= 11 is 0. The van der Waals surface area contributed by atoms with Crippen LogP contribution in [0.3, 0.4) is 0 Å². The van der Waals surface area contributed by atoms with E-state index < -0.39 is 5.92 Å². The Labute approximate surface area is 125 Å². The van der Waals surface area contributed by atoms with Crippen molar-refractivity contribution in [2.75, 3.05) is 19.7 Å². The number of carbonyl (C=O) groups is 2. The van der Waals surface area contributed by atoms with Gasteiger partial charge in [0.25, 0.3) is 0 Å². The third-order valence-electron chi connectivity index (χ3n) is 3.32. The number of hydrogen-bond acceptors (Lipinski definition) is 4. The highest BCUT2D eigenvalue weighted by Gasteiger charge is 2.33. The molecule has 20 heavy (non-hydrogen) atoms. The lowest BCUT2D eigenvalue weighted by molar-refractivity contribution is -0.153. The van der Waals surface area contributed by atoms with Crippen LogP contribution >= 0.6 is 12.4 Å². The quantitative estimate of drug-likeness (QED) is 0.630. The zero-order chi connectivity index (χ0) is 13.7. The molecule has 0 radical (unpaired) electrons. The molecule has 1 unspecified atom stereocenters. The van der Waals surface area contributed by atoms with Gasteiger partial charge in [-0.3, -0.25) is 14.5 Å². The van der Waals surface area contributed by atoms with Gasteiger partial charge in [0, 0.05) is 13.1 Å². The summed E-state index contributed by atoms with van der Waals surface area (Å²) in [5.41, 5.74) is 1.19. The molecule has 4 nitrogen and oxygen atoms in total. The van der Waals surface area contributed by atoms with Gasteiger partial charge in [-0.25, -0.2) is 0 Å². The second-order valence-corrected chi connectivity index (χ2v) is 4.76. The van der Waals surface area contributed by atoms with E-state index in [1.54, 1.807) is 6.92 Å². The fourth-order valence-corrected chi connectivity index (χ4v) is 2.35. The zero-order valence-electron chi connectivity index (χ0n) is 11.6. The molecule has 1 aliphatic heterocycles. The van der Waals surface area contributed by atoms with Crippen molar-refractivity contribution >= 4 is 24.2 Å². The fraction of sp³-hybridized carbons (Fsp3) is 0.467. The summed E-state index contributed by atoms with van der Waals surface area (Å²) < 4.78 is 4.93. The van der Waals surface area contributed by atoms with Crippen molar-refractivity contribution in [3.05, 3.63) is 35.9 Å². The molecule has 5 heteroatoms. The Hall–Kier alpha value is -1.39. The lowest BCUT2D eigenvalue weighted by Crippen LogP contribution is -2.43. The van der Waals surface area contributed by atoms with E-state index in [2.05, 4.69) is 4.90 Å². The van der Waals surface area contributed by atoms with Crippen LogP contribution in [0.15, 0.2) is 30.3 Å². The highest BCUT2D eigenvalue weighted by molar-refractivity contribution is 6.00. The molecule has 0 aromatic heterocycles. The smallest absolute Gasteiger partial charge is 0.316 e. The maximum Gasteiger partial charge on any atom is 0.316 e. The van der Waals surface area contributed by atoms with Crippen LogP contribution in [0.1, 0.15) is 18.9 Å². The Morgan fingerprint density at radius 3 is 2.65 bits per heavy atom. The molecule has 2 rings (SSSR count). The van der Waals surface area contributed by atoms with Gasteiger partial charge in [0.1, 0.15) is 5.92 Å². The van der Waals surface area contributed by atoms with Crippen molar-refractivity contribution < 1.29 is 14.3 Å². The molecule has 0 aliphatic carbocycles. The van der Waals surface area contributed by atoms with Crippen LogP contribution < -0.4 is 0 Å². The second kappa shape index (κ2) is 8.02. The monoisotopic (exact) mass is 297 g/mol. The maximum atomic E-state index is 12.0. The van der Waals surface area contributed by atoms with E-state index in [4.69, 9.17) is 4.74 Å². The molecule has 1 heterocycles. The van der Waals surface area contributed by atoms with Crippen molar-refractivity contribution in [3.63, 3.8) is 0 Å². The van der Waals surface area contributed by atoms with Crippen molar-refractivity contribution in [2.45, 2.75) is 19.9 Å². The molecule has 0 amide bonds. The van der Waals surface area contributed by atoms with Gasteiger partial charge in [-0.2, -0.15) is 0 Å². The molecule has 110 valence electrons. The van der Waals surface area contributed by atoms with Crippen LogP contribution in [-0.4, -0.2) is 36.3 Å². The summed E-state index contributed by atoms with van der Waals surface area (Å²) in [5, 5.41) is 0. The van der Waals surface area contributed by atoms with Gasteiger partial charge >= 0.3 is 5.97 Å². The molecule has 1 aromatic carbocycles. The van der Waals surface area contributed by atoms with Gasteiger partial charge in [-0.05, 0) is 18.9 Å². The number of Topliss-reactive ketones (excluding diaryl/α,β-unsaturated/α-hetero) is 1. The lowest BCUT2D eigenvalue weighted by atomic mass is 9.95. The first-order valence-electron chi connectivity index (χ1n) is 6.66. The molecule has 0 bridgehead atoms. The number of esters is 1. The van der Waals surface area contributed by atoms with Gasteiger partial charge in [-0.15, -0.1) is 12.4 Å². The van der Waals surface area contributed by atoms with Crippen molar-refractivity contribution in [1.82, 2.24) is 4.90 Å². The summed E-state index contributed by atoms with van der Waals surface area (Å²) in [7, 11) is 0. The molecule has 0 spiro atoms. The molecule has 1 aliphatic rings. The van der Waals surface area contributed by atoms with Gasteiger partial charge in [0.15, 0.2) is 5.78 Å². The largest absolute Gasteiger partial charge is 0.465 e. The summed E-state index contributed by atoms with van der Waals surface area (Å²) in [5.74, 6) is -0.959. The highest BCUT2D eigenvalue weighted by Crippen LogP contribution is 2.17. The van der Waals surface area contributed by atoms with Crippen LogP contribution in [-0.2, 0) is 20.9 Å². The fourth-order valence-electron chi connectivity index (χ4n) is 2.35. The predicted octanol–water partition coefficient (Wildman–Crippen LogP) is 2.06. The predicted molar refractivity (Wildman–Crippen MR) is 78.7 cm³/mol. The Bertz CT molecular complexity index is 450. The summed E-state index contributed by atoms with van der Waals surface area (Å²) in [4.78, 5) is 25.7. The van der Waals surface area contributed by atoms with E-state index in [-0.39, 0.29) is 24.2 Å². The van der Waals surface area contributed by atoms with Gasteiger partial charge in [0.2, 0.25) is 0 Å². The van der Waals surface area contributed by atoms with Crippen LogP contribution in [0.4, 0.5) is 0 Å². The zero-order valence-corrected chi connectivity index (χ0v) is 12.4. The molecule has 1 atom stereocenters. The minimum Gasteiger partial charge on any atom is -0.465 e. The Kier molecular flexibility index (Phi) is 6.68. The topological polar surface area (TPSA) is 46.6 Å². The molecule has 0 N–H and O–H groups in total. The van der Waals surface area contributed by atoms with Crippen molar-refractivity contribution in [2.24, 2.45) is 5.92 Å². The normalized spacial score (nSPS) is 19.2. The first kappa shape index (κ1) is 16.7. The molecular formula is C15H20ClNO3. The van der Waals surface area contributed by atoms with Crippen LogP contribution in [0, 0.1) is 5.92 Å². The number of ketones is 1. The minimum absolute atomic E-state index is 0. The van der Waals surface area contributed by atoms with E-state index in [1.165, 1.54) is 5.56 Å².